The Morgan fingerprint density at radius 2 is 1.10 bits per heavy atom. The zero-order valence-corrected chi connectivity index (χ0v) is 24.3. The smallest absolute Gasteiger partial charge is 0.126 e. The van der Waals surface area contributed by atoms with E-state index in [1.807, 2.05) is 24.5 Å². The normalized spacial score (nSPS) is 11.2. The lowest BCUT2D eigenvalue weighted by Crippen LogP contribution is -2.09. The first-order valence-corrected chi connectivity index (χ1v) is 15.2. The number of nitrogens with zero attached hydrogens (tertiary/aromatic N) is 5. The first kappa shape index (κ1) is 24.3. The Bertz CT molecular complexity index is 1840. The molecule has 0 aliphatic carbocycles. The average Bonchev–Trinajstić information content (AvgIpc) is 3.76. The van der Waals surface area contributed by atoms with Crippen LogP contribution >= 0.6 is 50.3 Å². The van der Waals surface area contributed by atoms with Gasteiger partial charge in [-0.2, -0.15) is 8.75 Å². The molecule has 3 aromatic heterocycles. The Morgan fingerprint density at radius 1 is 0.564 bits per heavy atom. The summed E-state index contributed by atoms with van der Waals surface area (Å²) < 4.78 is 10.2. The maximum absolute atomic E-state index is 4.78. The molecule has 5 nitrogen and oxygen atoms in total. The Kier molecular flexibility index (Phi) is 6.49. The molecule has 0 aliphatic heterocycles. The van der Waals surface area contributed by atoms with Crippen molar-refractivity contribution in [1.29, 1.82) is 0 Å². The van der Waals surface area contributed by atoms with Crippen LogP contribution in [0.15, 0.2) is 113 Å². The summed E-state index contributed by atoms with van der Waals surface area (Å²) in [6.07, 6.45) is 3.76. The minimum absolute atomic E-state index is 0.862. The molecule has 0 aliphatic rings. The molecule has 0 saturated carbocycles. The van der Waals surface area contributed by atoms with Gasteiger partial charge in [0.2, 0.25) is 0 Å². The van der Waals surface area contributed by atoms with Gasteiger partial charge < -0.3 is 4.90 Å². The predicted octanol–water partition coefficient (Wildman–Crippen LogP) is 9.84. The van der Waals surface area contributed by atoms with Crippen molar-refractivity contribution < 1.29 is 0 Å². The summed E-state index contributed by atoms with van der Waals surface area (Å²) in [6.45, 7) is 0. The van der Waals surface area contributed by atoms with E-state index in [1.165, 1.54) is 11.7 Å². The van der Waals surface area contributed by atoms with E-state index in [1.54, 1.807) is 22.7 Å². The maximum Gasteiger partial charge on any atom is 0.126 e. The van der Waals surface area contributed by atoms with Crippen LogP contribution in [0.1, 0.15) is 0 Å². The second kappa shape index (κ2) is 10.4. The highest BCUT2D eigenvalue weighted by Crippen LogP contribution is 2.40. The Labute approximate surface area is 245 Å². The third-order valence-electron chi connectivity index (χ3n) is 6.30. The van der Waals surface area contributed by atoms with Crippen LogP contribution in [0.25, 0.3) is 42.6 Å². The minimum Gasteiger partial charge on any atom is -0.311 e. The van der Waals surface area contributed by atoms with Crippen molar-refractivity contribution in [3.63, 3.8) is 0 Å². The van der Waals surface area contributed by atoms with E-state index in [0.717, 1.165) is 63.5 Å². The van der Waals surface area contributed by atoms with Crippen LogP contribution in [0.4, 0.5) is 17.1 Å². The number of para-hydroxylation sites is 2. The van der Waals surface area contributed by atoms with Gasteiger partial charge in [0.25, 0.3) is 0 Å². The van der Waals surface area contributed by atoms with Crippen LogP contribution in [0.3, 0.4) is 0 Å². The standard InChI is InChI=1S/C30H18BrN5S3/c31-26-18-33-30(38-26)24-16-15-23(27-28(24)35-39-34-27)29-32-17-25(37-29)19-11-13-22(14-12-19)36(20-7-3-1-4-8-20)21-9-5-2-6-10-21/h1-18H. The van der Waals surface area contributed by atoms with Gasteiger partial charge in [-0.15, -0.1) is 22.7 Å². The van der Waals surface area contributed by atoms with E-state index in [2.05, 4.69) is 119 Å². The fourth-order valence-corrected chi connectivity index (χ4v) is 7.25. The fourth-order valence-electron chi connectivity index (χ4n) is 4.50. The molecular weight excluding hydrogens is 606 g/mol. The number of benzene rings is 4. The van der Waals surface area contributed by atoms with E-state index in [9.17, 15) is 0 Å². The van der Waals surface area contributed by atoms with E-state index in [-0.39, 0.29) is 0 Å². The highest BCUT2D eigenvalue weighted by Gasteiger charge is 2.18. The number of hydrogen-bond acceptors (Lipinski definition) is 8. The molecule has 0 saturated heterocycles. The van der Waals surface area contributed by atoms with Crippen molar-refractivity contribution in [2.45, 2.75) is 0 Å². The maximum atomic E-state index is 4.78. The Hall–Kier alpha value is -3.76. The molecule has 0 bridgehead atoms. The van der Waals surface area contributed by atoms with Gasteiger partial charge in [-0.3, -0.25) is 0 Å². The van der Waals surface area contributed by atoms with Crippen LogP contribution in [-0.2, 0) is 0 Å². The molecule has 7 aromatic rings. The van der Waals surface area contributed by atoms with Gasteiger partial charge in [0.1, 0.15) is 21.0 Å². The summed E-state index contributed by atoms with van der Waals surface area (Å²) in [5, 5.41) is 1.85. The van der Waals surface area contributed by atoms with Crippen molar-refractivity contribution >= 4 is 78.4 Å². The van der Waals surface area contributed by atoms with Gasteiger partial charge in [0.15, 0.2) is 0 Å². The molecular formula is C30H18BrN5S3. The van der Waals surface area contributed by atoms with Crippen molar-refractivity contribution in [2.75, 3.05) is 4.90 Å². The SMILES string of the molecule is Brc1cnc(-c2ccc(-c3ncc(-c4ccc(N(c5ccccc5)c5ccccc5)cc4)s3)c3nsnc23)s1. The van der Waals surface area contributed by atoms with Crippen molar-refractivity contribution in [1.82, 2.24) is 18.7 Å². The molecule has 7 rings (SSSR count). The summed E-state index contributed by atoms with van der Waals surface area (Å²) in [5.41, 5.74) is 8.17. The number of hydrogen-bond donors (Lipinski definition) is 0. The van der Waals surface area contributed by atoms with E-state index < -0.39 is 0 Å². The summed E-state index contributed by atoms with van der Waals surface area (Å²) in [7, 11) is 0. The van der Waals surface area contributed by atoms with Crippen LogP contribution in [0.5, 0.6) is 0 Å². The minimum atomic E-state index is 0.862. The average molecular weight is 625 g/mol. The summed E-state index contributed by atoms with van der Waals surface area (Å²) in [4.78, 5) is 12.7. The number of aromatic nitrogens is 4. The van der Waals surface area contributed by atoms with Crippen molar-refractivity contribution in [3.05, 3.63) is 113 Å². The fraction of sp³-hybridized carbons (Fsp3) is 0. The molecule has 0 spiro atoms. The van der Waals surface area contributed by atoms with Gasteiger partial charge in [-0.25, -0.2) is 9.97 Å². The molecule has 0 radical (unpaired) electrons. The van der Waals surface area contributed by atoms with Gasteiger partial charge >= 0.3 is 0 Å². The number of thiazole rings is 2. The van der Waals surface area contributed by atoms with E-state index >= 15 is 0 Å². The molecule has 4 aromatic carbocycles. The first-order chi connectivity index (χ1) is 19.2. The molecule has 0 fully saturated rings. The van der Waals surface area contributed by atoms with Crippen LogP contribution in [0.2, 0.25) is 0 Å². The largest absolute Gasteiger partial charge is 0.311 e. The molecule has 3 heterocycles. The second-order valence-corrected chi connectivity index (χ2v) is 12.6. The van der Waals surface area contributed by atoms with Crippen molar-refractivity contribution in [2.24, 2.45) is 0 Å². The third-order valence-corrected chi connectivity index (χ3v) is 9.42. The lowest BCUT2D eigenvalue weighted by atomic mass is 10.1. The van der Waals surface area contributed by atoms with Gasteiger partial charge in [-0.05, 0) is 70.0 Å². The van der Waals surface area contributed by atoms with Gasteiger partial charge in [0, 0.05) is 34.4 Å². The Morgan fingerprint density at radius 3 is 1.67 bits per heavy atom. The van der Waals surface area contributed by atoms with Crippen LogP contribution < -0.4 is 4.90 Å². The lowest BCUT2D eigenvalue weighted by molar-refractivity contribution is 1.28. The van der Waals surface area contributed by atoms with Crippen LogP contribution in [-0.4, -0.2) is 18.7 Å². The number of fused-ring (bicyclic) bond motifs is 1. The zero-order valence-electron chi connectivity index (χ0n) is 20.2. The molecule has 0 atom stereocenters. The summed E-state index contributed by atoms with van der Waals surface area (Å²) >= 11 is 7.98. The molecule has 0 unspecified atom stereocenters. The highest BCUT2D eigenvalue weighted by molar-refractivity contribution is 9.11. The van der Waals surface area contributed by atoms with Gasteiger partial charge in [0.05, 0.1) is 26.6 Å². The van der Waals surface area contributed by atoms with Crippen molar-refractivity contribution in [3.8, 4) is 31.6 Å². The van der Waals surface area contributed by atoms with E-state index in [0.29, 0.717) is 0 Å². The summed E-state index contributed by atoms with van der Waals surface area (Å²) in [5.74, 6) is 0. The molecule has 0 N–H and O–H groups in total. The van der Waals surface area contributed by atoms with Gasteiger partial charge in [-0.1, -0.05) is 48.5 Å². The molecule has 188 valence electrons. The Balaban J connectivity index is 1.22. The van der Waals surface area contributed by atoms with Crippen LogP contribution in [0, 0.1) is 0 Å². The third kappa shape index (κ3) is 4.68. The summed E-state index contributed by atoms with van der Waals surface area (Å²) in [6, 6.07) is 33.7. The first-order valence-electron chi connectivity index (χ1n) is 12.1. The zero-order chi connectivity index (χ0) is 26.2. The van der Waals surface area contributed by atoms with E-state index in [4.69, 9.17) is 4.98 Å². The molecule has 9 heteroatoms. The number of halogens is 1. The molecule has 39 heavy (non-hydrogen) atoms. The lowest BCUT2D eigenvalue weighted by Gasteiger charge is -2.25. The number of rotatable bonds is 6. The monoisotopic (exact) mass is 623 g/mol. The quantitative estimate of drug-likeness (QED) is 0.184. The molecule has 0 amide bonds. The highest BCUT2D eigenvalue weighted by atomic mass is 79.9. The second-order valence-electron chi connectivity index (χ2n) is 8.67. The number of anilines is 3. The predicted molar refractivity (Wildman–Crippen MR) is 167 cm³/mol. The topological polar surface area (TPSA) is 54.8 Å².